The van der Waals surface area contributed by atoms with E-state index < -0.39 is 0 Å². The predicted octanol–water partition coefficient (Wildman–Crippen LogP) is 4.92. The van der Waals surface area contributed by atoms with Gasteiger partial charge in [-0.05, 0) is 64.3 Å². The van der Waals surface area contributed by atoms with Crippen molar-refractivity contribution < 1.29 is 9.18 Å². The molecule has 1 aliphatic rings. The number of halogens is 2. The number of carbonyl (C=O) groups is 1. The first-order valence-corrected chi connectivity index (χ1v) is 9.88. The first kappa shape index (κ1) is 18.9. The lowest BCUT2D eigenvalue weighted by Gasteiger charge is -2.39. The molecule has 0 spiro atoms. The molecule has 0 radical (unpaired) electrons. The van der Waals surface area contributed by atoms with E-state index in [0.717, 1.165) is 19.3 Å². The van der Waals surface area contributed by atoms with Crippen LogP contribution in [-0.2, 0) is 0 Å². The topological polar surface area (TPSA) is 51.0 Å². The minimum atomic E-state index is -0.319. The summed E-state index contributed by atoms with van der Waals surface area (Å²) in [4.78, 5) is 19.7. The smallest absolute Gasteiger partial charge is 0.257 e. The normalized spacial score (nSPS) is 20.0. The summed E-state index contributed by atoms with van der Waals surface area (Å²) in [6.07, 6.45) is 4.64. The van der Waals surface area contributed by atoms with Crippen molar-refractivity contribution in [1.29, 1.82) is 0 Å². The van der Waals surface area contributed by atoms with Crippen LogP contribution in [0.3, 0.4) is 0 Å². The second kappa shape index (κ2) is 7.17. The molecule has 0 bridgehead atoms. The number of nitrogens with zero attached hydrogens (tertiary/aromatic N) is 4. The summed E-state index contributed by atoms with van der Waals surface area (Å²) in [6, 6.07) is 6.35. The molecule has 146 valence electrons. The molecule has 4 rings (SSSR count). The monoisotopic (exact) mass is 400 g/mol. The third-order valence-electron chi connectivity index (χ3n) is 5.54. The first-order chi connectivity index (χ1) is 13.4. The highest BCUT2D eigenvalue weighted by Gasteiger charge is 2.32. The Hall–Kier alpha value is -2.47. The van der Waals surface area contributed by atoms with Crippen LogP contribution in [0.4, 0.5) is 4.39 Å². The summed E-state index contributed by atoms with van der Waals surface area (Å²) < 4.78 is 14.9. The van der Waals surface area contributed by atoms with Gasteiger partial charge in [0.2, 0.25) is 0 Å². The molecule has 1 amide bonds. The molecule has 2 atom stereocenters. The van der Waals surface area contributed by atoms with Crippen molar-refractivity contribution >= 4 is 28.5 Å². The van der Waals surface area contributed by atoms with E-state index >= 15 is 0 Å². The van der Waals surface area contributed by atoms with Crippen molar-refractivity contribution in [2.45, 2.75) is 52.1 Å². The lowest BCUT2D eigenvalue weighted by molar-refractivity contribution is 0.0510. The number of likely N-dealkylation sites (tertiary alicyclic amines) is 1. The lowest BCUT2D eigenvalue weighted by Crippen LogP contribution is -2.47. The van der Waals surface area contributed by atoms with Crippen molar-refractivity contribution in [2.75, 3.05) is 0 Å². The van der Waals surface area contributed by atoms with Crippen LogP contribution in [0.5, 0.6) is 0 Å². The first-order valence-electron chi connectivity index (χ1n) is 9.51. The Morgan fingerprint density at radius 2 is 1.82 bits per heavy atom. The van der Waals surface area contributed by atoms with Gasteiger partial charge in [-0.1, -0.05) is 11.6 Å². The number of carbonyl (C=O) groups excluding carboxylic acids is 1. The molecule has 1 saturated heterocycles. The van der Waals surface area contributed by atoms with Crippen LogP contribution in [0.2, 0.25) is 5.02 Å². The van der Waals surface area contributed by atoms with Gasteiger partial charge in [0.1, 0.15) is 5.82 Å². The summed E-state index contributed by atoms with van der Waals surface area (Å²) in [5.74, 6) is -0.409. The van der Waals surface area contributed by atoms with Gasteiger partial charge < -0.3 is 4.90 Å². The van der Waals surface area contributed by atoms with Crippen molar-refractivity contribution in [3.8, 4) is 5.69 Å². The molecule has 0 unspecified atom stereocenters. The van der Waals surface area contributed by atoms with E-state index in [1.807, 2.05) is 11.8 Å². The van der Waals surface area contributed by atoms with Crippen LogP contribution in [0.1, 0.15) is 49.2 Å². The van der Waals surface area contributed by atoms with E-state index in [1.54, 1.807) is 16.8 Å². The molecular formula is C21H22ClFN4O. The third kappa shape index (κ3) is 3.05. The van der Waals surface area contributed by atoms with Crippen molar-refractivity contribution in [2.24, 2.45) is 0 Å². The maximum atomic E-state index is 13.3. The lowest BCUT2D eigenvalue weighted by atomic mass is 9.96. The number of piperidine rings is 1. The van der Waals surface area contributed by atoms with Crippen LogP contribution < -0.4 is 0 Å². The Balaban J connectivity index is 1.80. The molecular weight excluding hydrogens is 379 g/mol. The summed E-state index contributed by atoms with van der Waals surface area (Å²) in [5, 5.41) is 5.53. The number of aryl methyl sites for hydroxylation is 1. The van der Waals surface area contributed by atoms with Crippen LogP contribution in [-0.4, -0.2) is 37.7 Å². The molecule has 28 heavy (non-hydrogen) atoms. The molecule has 3 heterocycles. The minimum absolute atomic E-state index is 0.0898. The molecule has 1 fully saturated rings. The number of amides is 1. The minimum Gasteiger partial charge on any atom is -0.333 e. The van der Waals surface area contributed by atoms with Crippen LogP contribution in [0, 0.1) is 12.7 Å². The van der Waals surface area contributed by atoms with E-state index in [1.165, 1.54) is 18.3 Å². The van der Waals surface area contributed by atoms with E-state index in [2.05, 4.69) is 23.9 Å². The number of rotatable bonds is 2. The SMILES string of the molecule is Cc1nn(-c2ccc(F)cc2)c2ncc(C(=O)N3[C@H](C)CCC[C@H]3C)c(Cl)c12. The fraction of sp³-hybridized carbons (Fsp3) is 0.381. The Kier molecular flexibility index (Phi) is 4.83. The van der Waals surface area contributed by atoms with Crippen LogP contribution in [0.25, 0.3) is 16.7 Å². The van der Waals surface area contributed by atoms with Crippen molar-refractivity contribution in [3.63, 3.8) is 0 Å². The van der Waals surface area contributed by atoms with Gasteiger partial charge in [-0.3, -0.25) is 4.79 Å². The second-order valence-electron chi connectivity index (χ2n) is 7.50. The predicted molar refractivity (Wildman–Crippen MR) is 108 cm³/mol. The Bertz CT molecular complexity index is 1040. The van der Waals surface area contributed by atoms with Gasteiger partial charge >= 0.3 is 0 Å². The molecule has 2 aromatic heterocycles. The molecule has 0 saturated carbocycles. The van der Waals surface area contributed by atoms with E-state index in [0.29, 0.717) is 33.0 Å². The average Bonchev–Trinajstić information content (AvgIpc) is 3.00. The summed E-state index contributed by atoms with van der Waals surface area (Å²) >= 11 is 6.68. The quantitative estimate of drug-likeness (QED) is 0.613. The van der Waals surface area contributed by atoms with E-state index in [9.17, 15) is 9.18 Å². The number of fused-ring (bicyclic) bond motifs is 1. The van der Waals surface area contributed by atoms with Gasteiger partial charge in [-0.15, -0.1) is 0 Å². The average molecular weight is 401 g/mol. The highest BCUT2D eigenvalue weighted by molar-refractivity contribution is 6.38. The highest BCUT2D eigenvalue weighted by Crippen LogP contribution is 2.32. The zero-order valence-corrected chi connectivity index (χ0v) is 16.9. The van der Waals surface area contributed by atoms with Gasteiger partial charge in [0.05, 0.1) is 27.4 Å². The zero-order chi connectivity index (χ0) is 20.0. The molecule has 1 aliphatic heterocycles. The number of aromatic nitrogens is 3. The Labute approximate surface area is 168 Å². The van der Waals surface area contributed by atoms with Gasteiger partial charge in [0.15, 0.2) is 5.65 Å². The van der Waals surface area contributed by atoms with Crippen molar-refractivity contribution in [1.82, 2.24) is 19.7 Å². The number of hydrogen-bond acceptors (Lipinski definition) is 3. The third-order valence-corrected chi connectivity index (χ3v) is 5.93. The summed E-state index contributed by atoms with van der Waals surface area (Å²) in [6.45, 7) is 5.98. The fourth-order valence-corrected chi connectivity index (χ4v) is 4.43. The van der Waals surface area contributed by atoms with Gasteiger partial charge in [0, 0.05) is 18.3 Å². The standard InChI is InChI=1S/C21H22ClFN4O/c1-12-5-4-6-13(2)26(12)21(28)17-11-24-20-18(19(17)22)14(3)25-27(20)16-9-7-15(23)8-10-16/h7-13H,4-6H2,1-3H3/t12-,13-/m1/s1. The molecule has 0 aliphatic carbocycles. The maximum absolute atomic E-state index is 13.3. The molecule has 7 heteroatoms. The van der Waals surface area contributed by atoms with E-state index in [4.69, 9.17) is 11.6 Å². The van der Waals surface area contributed by atoms with Crippen LogP contribution in [0.15, 0.2) is 30.5 Å². The number of pyridine rings is 1. The van der Waals surface area contributed by atoms with E-state index in [-0.39, 0.29) is 23.8 Å². The zero-order valence-electron chi connectivity index (χ0n) is 16.1. The Morgan fingerprint density at radius 1 is 1.18 bits per heavy atom. The van der Waals surface area contributed by atoms with Gasteiger partial charge in [-0.2, -0.15) is 5.10 Å². The molecule has 0 N–H and O–H groups in total. The highest BCUT2D eigenvalue weighted by atomic mass is 35.5. The second-order valence-corrected chi connectivity index (χ2v) is 7.88. The van der Waals surface area contributed by atoms with Gasteiger partial charge in [-0.25, -0.2) is 14.1 Å². The molecule has 3 aromatic rings. The largest absolute Gasteiger partial charge is 0.333 e. The molecule has 1 aromatic carbocycles. The fourth-order valence-electron chi connectivity index (χ4n) is 4.08. The maximum Gasteiger partial charge on any atom is 0.257 e. The van der Waals surface area contributed by atoms with Crippen LogP contribution >= 0.6 is 11.6 Å². The molecule has 5 nitrogen and oxygen atoms in total. The summed E-state index contributed by atoms with van der Waals surface area (Å²) in [5.41, 5.74) is 2.30. The van der Waals surface area contributed by atoms with Gasteiger partial charge in [0.25, 0.3) is 5.91 Å². The van der Waals surface area contributed by atoms with Crippen molar-refractivity contribution in [3.05, 3.63) is 52.6 Å². The number of hydrogen-bond donors (Lipinski definition) is 0. The number of benzene rings is 1. The Morgan fingerprint density at radius 3 is 2.46 bits per heavy atom. The summed E-state index contributed by atoms with van der Waals surface area (Å²) in [7, 11) is 0.